The summed E-state index contributed by atoms with van der Waals surface area (Å²) in [6.45, 7) is 4.29. The molecule has 6 nitrogen and oxygen atoms in total. The number of hydrogen-bond acceptors (Lipinski definition) is 5. The van der Waals surface area contributed by atoms with Gasteiger partial charge in [0.25, 0.3) is 0 Å². The van der Waals surface area contributed by atoms with Crippen molar-refractivity contribution < 1.29 is 14.4 Å². The molecule has 3 aliphatic rings. The molecule has 0 saturated carbocycles. The van der Waals surface area contributed by atoms with Crippen molar-refractivity contribution in [3.63, 3.8) is 0 Å². The third kappa shape index (κ3) is 3.16. The summed E-state index contributed by atoms with van der Waals surface area (Å²) in [6.07, 6.45) is 2.65. The highest BCUT2D eigenvalue weighted by molar-refractivity contribution is 5.89. The number of amides is 1. The molecule has 1 spiro atoms. The van der Waals surface area contributed by atoms with Gasteiger partial charge < -0.3 is 14.5 Å². The maximum absolute atomic E-state index is 12.6. The van der Waals surface area contributed by atoms with Gasteiger partial charge in [-0.1, -0.05) is 29.4 Å². The molecule has 0 radical (unpaired) electrons. The molecule has 4 rings (SSSR count). The number of benzene rings is 1. The van der Waals surface area contributed by atoms with Crippen LogP contribution in [0.2, 0.25) is 0 Å². The monoisotopic (exact) mass is 343 g/mol. The normalized spacial score (nSPS) is 24.0. The number of oxime groups is 1. The van der Waals surface area contributed by atoms with Crippen LogP contribution in [-0.2, 0) is 26.6 Å². The fourth-order valence-corrected chi connectivity index (χ4v) is 4.25. The van der Waals surface area contributed by atoms with Crippen molar-refractivity contribution in [1.29, 1.82) is 0 Å². The van der Waals surface area contributed by atoms with Crippen LogP contribution in [0.4, 0.5) is 0 Å². The highest BCUT2D eigenvalue weighted by Gasteiger charge is 2.43. The number of carbonyl (C=O) groups excluding carboxylic acids is 1. The predicted molar refractivity (Wildman–Crippen MR) is 94.2 cm³/mol. The molecule has 0 unspecified atom stereocenters. The molecular formula is C19H25N3O3. The Morgan fingerprint density at radius 1 is 1.28 bits per heavy atom. The summed E-state index contributed by atoms with van der Waals surface area (Å²) in [5.74, 6) is 0.208. The maximum atomic E-state index is 12.6. The van der Waals surface area contributed by atoms with Gasteiger partial charge in [-0.15, -0.1) is 0 Å². The summed E-state index contributed by atoms with van der Waals surface area (Å²) in [4.78, 5) is 21.6. The first kappa shape index (κ1) is 16.5. The Kier molecular flexibility index (Phi) is 4.48. The number of ether oxygens (including phenoxy) is 1. The van der Waals surface area contributed by atoms with E-state index in [1.807, 2.05) is 4.90 Å². The molecule has 0 aromatic heterocycles. The first-order valence-electron chi connectivity index (χ1n) is 9.01. The Labute approximate surface area is 148 Å². The zero-order valence-corrected chi connectivity index (χ0v) is 14.7. The van der Waals surface area contributed by atoms with Gasteiger partial charge in [0.15, 0.2) is 0 Å². The van der Waals surface area contributed by atoms with Gasteiger partial charge in [0, 0.05) is 32.6 Å². The number of hydrogen-bond donors (Lipinski definition) is 0. The number of fused-ring (bicyclic) bond motifs is 2. The SMILES string of the molecule is CO/N=C1/CCN(CC(=O)N2CCC3(CC2)OCc2ccccc23)C1. The third-order valence-electron chi connectivity index (χ3n) is 5.64. The zero-order valence-electron chi connectivity index (χ0n) is 14.7. The first-order valence-corrected chi connectivity index (χ1v) is 9.01. The zero-order chi connectivity index (χ0) is 17.3. The minimum atomic E-state index is -0.181. The molecule has 3 heterocycles. The van der Waals surface area contributed by atoms with Gasteiger partial charge in [0.1, 0.15) is 7.11 Å². The lowest BCUT2D eigenvalue weighted by Gasteiger charge is -2.39. The minimum absolute atomic E-state index is 0.181. The van der Waals surface area contributed by atoms with Crippen LogP contribution in [0.3, 0.4) is 0 Å². The molecular weight excluding hydrogens is 318 g/mol. The van der Waals surface area contributed by atoms with Crippen LogP contribution in [0.25, 0.3) is 0 Å². The summed E-state index contributed by atoms with van der Waals surface area (Å²) < 4.78 is 6.18. The highest BCUT2D eigenvalue weighted by atomic mass is 16.6. The van der Waals surface area contributed by atoms with E-state index in [4.69, 9.17) is 9.57 Å². The van der Waals surface area contributed by atoms with Crippen LogP contribution >= 0.6 is 0 Å². The van der Waals surface area contributed by atoms with Crippen LogP contribution in [0, 0.1) is 0 Å². The molecule has 2 fully saturated rings. The van der Waals surface area contributed by atoms with Crippen molar-refractivity contribution in [2.75, 3.05) is 39.8 Å². The van der Waals surface area contributed by atoms with Gasteiger partial charge in [-0.05, 0) is 24.0 Å². The standard InChI is InChI=1S/C19H25N3O3/c1-24-20-16-6-9-21(12-16)13-18(23)22-10-7-19(8-11-22)17-5-3-2-4-15(17)14-25-19/h2-5H,6-14H2,1H3/b20-16-. The molecule has 6 heteroatoms. The number of likely N-dealkylation sites (tertiary alicyclic amines) is 2. The van der Waals surface area contributed by atoms with E-state index in [1.165, 1.54) is 11.1 Å². The van der Waals surface area contributed by atoms with E-state index < -0.39 is 0 Å². The summed E-state index contributed by atoms with van der Waals surface area (Å²) in [5.41, 5.74) is 3.45. The third-order valence-corrected chi connectivity index (χ3v) is 5.64. The van der Waals surface area contributed by atoms with E-state index in [0.717, 1.165) is 51.2 Å². The Bertz CT molecular complexity index is 680. The van der Waals surface area contributed by atoms with Crippen molar-refractivity contribution in [1.82, 2.24) is 9.80 Å². The molecule has 134 valence electrons. The van der Waals surface area contributed by atoms with Gasteiger partial charge in [-0.3, -0.25) is 9.69 Å². The van der Waals surface area contributed by atoms with E-state index in [2.05, 4.69) is 34.3 Å². The second-order valence-electron chi connectivity index (χ2n) is 7.12. The Morgan fingerprint density at radius 2 is 2.08 bits per heavy atom. The van der Waals surface area contributed by atoms with Crippen LogP contribution in [0.1, 0.15) is 30.4 Å². The molecule has 0 aliphatic carbocycles. The summed E-state index contributed by atoms with van der Waals surface area (Å²) >= 11 is 0. The molecule has 2 saturated heterocycles. The highest BCUT2D eigenvalue weighted by Crippen LogP contribution is 2.43. The molecule has 0 atom stereocenters. The topological polar surface area (TPSA) is 54.4 Å². The summed E-state index contributed by atoms with van der Waals surface area (Å²) in [5, 5.41) is 4.00. The summed E-state index contributed by atoms with van der Waals surface area (Å²) in [7, 11) is 1.56. The molecule has 3 aliphatic heterocycles. The van der Waals surface area contributed by atoms with Crippen molar-refractivity contribution in [3.8, 4) is 0 Å². The Morgan fingerprint density at radius 3 is 2.88 bits per heavy atom. The molecule has 1 aromatic rings. The average molecular weight is 343 g/mol. The van der Waals surface area contributed by atoms with E-state index in [-0.39, 0.29) is 11.5 Å². The van der Waals surface area contributed by atoms with Gasteiger partial charge in [0.05, 0.1) is 24.5 Å². The number of rotatable bonds is 3. The number of nitrogens with zero attached hydrogens (tertiary/aromatic N) is 3. The lowest BCUT2D eigenvalue weighted by Crippen LogP contribution is -2.48. The van der Waals surface area contributed by atoms with Gasteiger partial charge in [-0.2, -0.15) is 0 Å². The van der Waals surface area contributed by atoms with Crippen LogP contribution in [0.5, 0.6) is 0 Å². The van der Waals surface area contributed by atoms with Crippen molar-refractivity contribution in [2.45, 2.75) is 31.5 Å². The van der Waals surface area contributed by atoms with E-state index in [9.17, 15) is 4.79 Å². The van der Waals surface area contributed by atoms with Crippen LogP contribution in [-0.4, -0.2) is 61.3 Å². The van der Waals surface area contributed by atoms with Gasteiger partial charge in [-0.25, -0.2) is 0 Å². The lowest BCUT2D eigenvalue weighted by atomic mass is 9.84. The molecule has 0 bridgehead atoms. The average Bonchev–Trinajstić information content (AvgIpc) is 3.22. The van der Waals surface area contributed by atoms with E-state index in [1.54, 1.807) is 7.11 Å². The van der Waals surface area contributed by atoms with Crippen LogP contribution in [0.15, 0.2) is 29.4 Å². The van der Waals surface area contributed by atoms with E-state index >= 15 is 0 Å². The molecule has 1 aromatic carbocycles. The van der Waals surface area contributed by atoms with Crippen molar-refractivity contribution in [2.24, 2.45) is 5.16 Å². The largest absolute Gasteiger partial charge is 0.399 e. The van der Waals surface area contributed by atoms with Gasteiger partial charge >= 0.3 is 0 Å². The second kappa shape index (κ2) is 6.77. The minimum Gasteiger partial charge on any atom is -0.399 e. The molecule has 1 amide bonds. The second-order valence-corrected chi connectivity index (χ2v) is 7.12. The number of carbonyl (C=O) groups is 1. The van der Waals surface area contributed by atoms with E-state index in [0.29, 0.717) is 13.2 Å². The van der Waals surface area contributed by atoms with Gasteiger partial charge in [0.2, 0.25) is 5.91 Å². The first-order chi connectivity index (χ1) is 12.2. The predicted octanol–water partition coefficient (Wildman–Crippen LogP) is 1.74. The maximum Gasteiger partial charge on any atom is 0.236 e. The van der Waals surface area contributed by atoms with Crippen molar-refractivity contribution in [3.05, 3.63) is 35.4 Å². The number of piperidine rings is 1. The smallest absolute Gasteiger partial charge is 0.236 e. The lowest BCUT2D eigenvalue weighted by molar-refractivity contribution is -0.139. The Balaban J connectivity index is 1.34. The fourth-order valence-electron chi connectivity index (χ4n) is 4.25. The van der Waals surface area contributed by atoms with Crippen LogP contribution < -0.4 is 0 Å². The summed E-state index contributed by atoms with van der Waals surface area (Å²) in [6, 6.07) is 8.48. The fraction of sp³-hybridized carbons (Fsp3) is 0.579. The quantitative estimate of drug-likeness (QED) is 0.785. The Hall–Kier alpha value is -1.92. The molecule has 0 N–H and O–H groups in total. The van der Waals surface area contributed by atoms with Crippen molar-refractivity contribution >= 4 is 11.6 Å². The molecule has 25 heavy (non-hydrogen) atoms.